The third-order valence-electron chi connectivity index (χ3n) is 2.44. The number of nitrogens with zero attached hydrogens (tertiary/aromatic N) is 2. The molecular formula is C13H14FN3O3. The fourth-order valence-electron chi connectivity index (χ4n) is 1.52. The van der Waals surface area contributed by atoms with Crippen LogP contribution in [0.25, 0.3) is 11.5 Å². The summed E-state index contributed by atoms with van der Waals surface area (Å²) < 4.78 is 22.9. The first-order valence-corrected chi connectivity index (χ1v) is 6.18. The van der Waals surface area contributed by atoms with Gasteiger partial charge in [-0.2, -0.15) is 0 Å². The molecule has 1 aromatic carbocycles. The van der Waals surface area contributed by atoms with Crippen molar-refractivity contribution in [2.24, 2.45) is 0 Å². The number of rotatable bonds is 5. The van der Waals surface area contributed by atoms with Crippen LogP contribution in [-0.4, -0.2) is 29.4 Å². The lowest BCUT2D eigenvalue weighted by Gasteiger charge is -2.02. The molecule has 0 saturated heterocycles. The first-order valence-electron chi connectivity index (χ1n) is 6.18. The number of aromatic nitrogens is 2. The summed E-state index contributed by atoms with van der Waals surface area (Å²) in [7, 11) is 0. The van der Waals surface area contributed by atoms with E-state index in [0.29, 0.717) is 36.9 Å². The number of alkyl carbamates (subject to hydrolysis) is 1. The van der Waals surface area contributed by atoms with Crippen LogP contribution in [0.1, 0.15) is 12.8 Å². The topological polar surface area (TPSA) is 77.2 Å². The van der Waals surface area contributed by atoms with Gasteiger partial charge in [-0.15, -0.1) is 10.2 Å². The highest BCUT2D eigenvalue weighted by atomic mass is 19.1. The zero-order chi connectivity index (χ0) is 14.4. The largest absolute Gasteiger partial charge is 0.450 e. The molecule has 0 aliphatic heterocycles. The lowest BCUT2D eigenvalue weighted by Crippen LogP contribution is -2.26. The number of amides is 1. The maximum absolute atomic E-state index is 12.8. The van der Waals surface area contributed by atoms with Gasteiger partial charge >= 0.3 is 6.09 Å². The Morgan fingerprint density at radius 3 is 2.80 bits per heavy atom. The third kappa shape index (κ3) is 3.78. The first-order chi connectivity index (χ1) is 9.69. The van der Waals surface area contributed by atoms with Crippen molar-refractivity contribution in [1.29, 1.82) is 0 Å². The maximum Gasteiger partial charge on any atom is 0.407 e. The predicted molar refractivity (Wildman–Crippen MR) is 68.4 cm³/mol. The number of nitrogens with one attached hydrogen (secondary N) is 1. The van der Waals surface area contributed by atoms with Crippen molar-refractivity contribution >= 4 is 6.09 Å². The molecule has 0 aliphatic carbocycles. The van der Waals surface area contributed by atoms with Crippen LogP contribution in [0.15, 0.2) is 28.7 Å². The Labute approximate surface area is 115 Å². The Bertz CT molecular complexity index is 568. The zero-order valence-electron chi connectivity index (χ0n) is 10.9. The molecule has 1 aromatic heterocycles. The van der Waals surface area contributed by atoms with Crippen LogP contribution in [-0.2, 0) is 11.2 Å². The molecule has 1 N–H and O–H groups in total. The highest BCUT2D eigenvalue weighted by Crippen LogP contribution is 2.17. The summed E-state index contributed by atoms with van der Waals surface area (Å²) in [5.74, 6) is 0.379. The Balaban J connectivity index is 1.89. The molecule has 0 radical (unpaired) electrons. The summed E-state index contributed by atoms with van der Waals surface area (Å²) in [6.07, 6.45) is -0.0849. The molecule has 0 unspecified atom stereocenters. The number of benzene rings is 1. The molecule has 0 bridgehead atoms. The Kier molecular flexibility index (Phi) is 4.65. The number of halogens is 1. The molecule has 2 rings (SSSR count). The lowest BCUT2D eigenvalue weighted by molar-refractivity contribution is 0.152. The average Bonchev–Trinajstić information content (AvgIpc) is 2.89. The molecular weight excluding hydrogens is 265 g/mol. The van der Waals surface area contributed by atoms with Crippen molar-refractivity contribution < 1.29 is 18.3 Å². The van der Waals surface area contributed by atoms with Gasteiger partial charge in [0.1, 0.15) is 5.82 Å². The molecule has 0 aliphatic rings. The van der Waals surface area contributed by atoms with Gasteiger partial charge < -0.3 is 14.5 Å². The second-order valence-corrected chi connectivity index (χ2v) is 3.91. The van der Waals surface area contributed by atoms with Crippen LogP contribution in [0.5, 0.6) is 0 Å². The second-order valence-electron chi connectivity index (χ2n) is 3.91. The Morgan fingerprint density at radius 2 is 2.10 bits per heavy atom. The van der Waals surface area contributed by atoms with Crippen LogP contribution in [0.3, 0.4) is 0 Å². The fourth-order valence-corrected chi connectivity index (χ4v) is 1.52. The van der Waals surface area contributed by atoms with Crippen molar-refractivity contribution in [1.82, 2.24) is 15.5 Å². The number of carbonyl (C=O) groups is 1. The normalized spacial score (nSPS) is 10.3. The van der Waals surface area contributed by atoms with Crippen molar-refractivity contribution in [2.45, 2.75) is 13.3 Å². The summed E-state index contributed by atoms with van der Waals surface area (Å²) in [6, 6.07) is 5.76. The van der Waals surface area contributed by atoms with Gasteiger partial charge in [0.2, 0.25) is 11.8 Å². The van der Waals surface area contributed by atoms with Gasteiger partial charge in [0, 0.05) is 18.5 Å². The van der Waals surface area contributed by atoms with E-state index in [2.05, 4.69) is 15.5 Å². The second kappa shape index (κ2) is 6.65. The molecule has 1 amide bonds. The fraction of sp³-hybridized carbons (Fsp3) is 0.308. The van der Waals surface area contributed by atoms with E-state index in [0.717, 1.165) is 0 Å². The Morgan fingerprint density at radius 1 is 1.35 bits per heavy atom. The van der Waals surface area contributed by atoms with Crippen LogP contribution >= 0.6 is 0 Å². The van der Waals surface area contributed by atoms with Gasteiger partial charge in [0.05, 0.1) is 6.61 Å². The average molecular weight is 279 g/mol. The van der Waals surface area contributed by atoms with Crippen LogP contribution < -0.4 is 5.32 Å². The van der Waals surface area contributed by atoms with Crippen LogP contribution in [0.2, 0.25) is 0 Å². The highest BCUT2D eigenvalue weighted by molar-refractivity contribution is 5.66. The predicted octanol–water partition coefficient (Wildman–Crippen LogP) is 2.16. The van der Waals surface area contributed by atoms with E-state index in [-0.39, 0.29) is 5.82 Å². The summed E-state index contributed by atoms with van der Waals surface area (Å²) >= 11 is 0. The summed E-state index contributed by atoms with van der Waals surface area (Å²) in [6.45, 7) is 2.39. The van der Waals surface area contributed by atoms with Gasteiger partial charge in [-0.3, -0.25) is 0 Å². The SMILES string of the molecule is CCOC(=O)NCCc1nnc(-c2ccc(F)cc2)o1. The maximum atomic E-state index is 12.8. The van der Waals surface area contributed by atoms with E-state index >= 15 is 0 Å². The smallest absolute Gasteiger partial charge is 0.407 e. The number of ether oxygens (including phenoxy) is 1. The molecule has 0 fully saturated rings. The minimum Gasteiger partial charge on any atom is -0.450 e. The molecule has 2 aromatic rings. The van der Waals surface area contributed by atoms with Gasteiger partial charge in [-0.1, -0.05) is 0 Å². The van der Waals surface area contributed by atoms with Gasteiger partial charge in [0.15, 0.2) is 0 Å². The Hall–Kier alpha value is -2.44. The van der Waals surface area contributed by atoms with Gasteiger partial charge in [-0.05, 0) is 31.2 Å². The number of hydrogen-bond acceptors (Lipinski definition) is 5. The van der Waals surface area contributed by atoms with E-state index < -0.39 is 6.09 Å². The van der Waals surface area contributed by atoms with Crippen molar-refractivity contribution in [3.63, 3.8) is 0 Å². The summed E-state index contributed by atoms with van der Waals surface area (Å²) in [4.78, 5) is 11.1. The van der Waals surface area contributed by atoms with E-state index in [9.17, 15) is 9.18 Å². The first kappa shape index (κ1) is 14.0. The van der Waals surface area contributed by atoms with Gasteiger partial charge in [0.25, 0.3) is 0 Å². The van der Waals surface area contributed by atoms with Crippen molar-refractivity contribution in [3.8, 4) is 11.5 Å². The third-order valence-corrected chi connectivity index (χ3v) is 2.44. The standard InChI is InChI=1S/C13H14FN3O3/c1-2-19-13(18)15-8-7-11-16-17-12(20-11)9-3-5-10(14)6-4-9/h3-6H,2,7-8H2,1H3,(H,15,18). The monoisotopic (exact) mass is 279 g/mol. The molecule has 0 spiro atoms. The summed E-state index contributed by atoms with van der Waals surface area (Å²) in [5, 5.41) is 10.3. The molecule has 0 saturated carbocycles. The van der Waals surface area contributed by atoms with Crippen LogP contribution in [0.4, 0.5) is 9.18 Å². The molecule has 20 heavy (non-hydrogen) atoms. The van der Waals surface area contributed by atoms with E-state index in [4.69, 9.17) is 9.15 Å². The molecule has 106 valence electrons. The zero-order valence-corrected chi connectivity index (χ0v) is 10.9. The van der Waals surface area contributed by atoms with Gasteiger partial charge in [-0.25, -0.2) is 9.18 Å². The van der Waals surface area contributed by atoms with Crippen molar-refractivity contribution in [2.75, 3.05) is 13.2 Å². The van der Waals surface area contributed by atoms with E-state index in [1.807, 2.05) is 0 Å². The molecule has 0 atom stereocenters. The quantitative estimate of drug-likeness (QED) is 0.907. The molecule has 1 heterocycles. The van der Waals surface area contributed by atoms with Crippen LogP contribution in [0, 0.1) is 5.82 Å². The summed E-state index contributed by atoms with van der Waals surface area (Å²) in [5.41, 5.74) is 0.642. The highest BCUT2D eigenvalue weighted by Gasteiger charge is 2.09. The lowest BCUT2D eigenvalue weighted by atomic mass is 10.2. The number of carbonyl (C=O) groups excluding carboxylic acids is 1. The van der Waals surface area contributed by atoms with E-state index in [1.165, 1.54) is 12.1 Å². The minimum atomic E-state index is -0.481. The van der Waals surface area contributed by atoms with E-state index in [1.54, 1.807) is 19.1 Å². The minimum absolute atomic E-state index is 0.316. The molecule has 7 heteroatoms. The number of hydrogen-bond donors (Lipinski definition) is 1. The van der Waals surface area contributed by atoms with Crippen molar-refractivity contribution in [3.05, 3.63) is 36.0 Å². The molecule has 6 nitrogen and oxygen atoms in total.